The van der Waals surface area contributed by atoms with Crippen LogP contribution in [0.2, 0.25) is 0 Å². The molecule has 1 aromatic rings. The number of aryl methyl sites for hydroxylation is 1. The molecule has 0 aromatic carbocycles. The lowest BCUT2D eigenvalue weighted by molar-refractivity contribution is -0.147. The standard InChI is InChI=1S/C26H39NO3S2/c1-18-9-8-10-19(2)15-21(4)32(29)26(6,7)14-13-25(28)30-24(12-11-18)20(3)16-23-17-31-22(5)27-23/h8,10-11,16-17,19,21,24H,9,12-15H2,1-7H3/b10-8-,18-11-,20-16+/t19?,21?,24-,32?/m0/s1. The van der Waals surface area contributed by atoms with Crippen LogP contribution in [0.1, 0.15) is 84.3 Å². The molecule has 0 saturated carbocycles. The van der Waals surface area contributed by atoms with Crippen LogP contribution in [0.5, 0.6) is 0 Å². The highest BCUT2D eigenvalue weighted by atomic mass is 32.2. The molecule has 0 radical (unpaired) electrons. The molecule has 0 N–H and O–H groups in total. The number of ether oxygens (including phenoxy) is 1. The second-order valence-electron chi connectivity index (χ2n) is 9.66. The van der Waals surface area contributed by atoms with Gasteiger partial charge < -0.3 is 4.74 Å². The number of hydrogen-bond donors (Lipinski definition) is 0. The van der Waals surface area contributed by atoms with Gasteiger partial charge in [0.2, 0.25) is 0 Å². The van der Waals surface area contributed by atoms with Crippen molar-refractivity contribution >= 4 is 34.2 Å². The Kier molecular flexibility index (Phi) is 10.1. The van der Waals surface area contributed by atoms with E-state index in [9.17, 15) is 9.00 Å². The molecule has 1 aromatic heterocycles. The van der Waals surface area contributed by atoms with Gasteiger partial charge in [0.25, 0.3) is 0 Å². The van der Waals surface area contributed by atoms with E-state index in [1.54, 1.807) is 11.3 Å². The Labute approximate surface area is 200 Å². The minimum absolute atomic E-state index is 0.0738. The molecular formula is C26H39NO3S2. The van der Waals surface area contributed by atoms with E-state index in [1.165, 1.54) is 5.57 Å². The quantitative estimate of drug-likeness (QED) is 0.348. The first-order chi connectivity index (χ1) is 15.0. The fourth-order valence-electron chi connectivity index (χ4n) is 3.93. The Morgan fingerprint density at radius 3 is 2.69 bits per heavy atom. The molecule has 0 spiro atoms. The SMILES string of the molecule is C/C1=C/C[C@@H](/C(C)=C/c2csc(C)n2)OC(=O)CCC(C)(C)S(=O)C(C)CC(C)/C=C\C1. The van der Waals surface area contributed by atoms with Crippen LogP contribution in [-0.4, -0.2) is 31.3 Å². The van der Waals surface area contributed by atoms with Crippen LogP contribution in [-0.2, 0) is 20.3 Å². The molecule has 2 heterocycles. The van der Waals surface area contributed by atoms with Gasteiger partial charge in [0.1, 0.15) is 6.10 Å². The van der Waals surface area contributed by atoms with Crippen molar-refractivity contribution in [3.05, 3.63) is 45.5 Å². The lowest BCUT2D eigenvalue weighted by Gasteiger charge is -2.28. The van der Waals surface area contributed by atoms with Crippen molar-refractivity contribution in [2.45, 2.75) is 96.7 Å². The first kappa shape index (κ1) is 26.7. The van der Waals surface area contributed by atoms with Gasteiger partial charge in [-0.25, -0.2) is 4.98 Å². The fourth-order valence-corrected chi connectivity index (χ4v) is 6.37. The highest BCUT2D eigenvalue weighted by molar-refractivity contribution is 7.87. The number of esters is 1. The predicted octanol–water partition coefficient (Wildman–Crippen LogP) is 6.79. The minimum atomic E-state index is -1.03. The molecule has 1 aliphatic rings. The zero-order valence-electron chi connectivity index (χ0n) is 20.6. The van der Waals surface area contributed by atoms with E-state index >= 15 is 0 Å². The van der Waals surface area contributed by atoms with Gasteiger partial charge in [-0.1, -0.05) is 37.6 Å². The van der Waals surface area contributed by atoms with Gasteiger partial charge in [0.05, 0.1) is 10.7 Å². The Bertz CT molecular complexity index is 895. The molecule has 0 fully saturated rings. The van der Waals surface area contributed by atoms with Crippen molar-refractivity contribution in [2.75, 3.05) is 0 Å². The zero-order valence-corrected chi connectivity index (χ0v) is 22.3. The summed E-state index contributed by atoms with van der Waals surface area (Å²) in [5.41, 5.74) is 3.13. The first-order valence-electron chi connectivity index (χ1n) is 11.5. The normalized spacial score (nSPS) is 31.4. The molecule has 0 saturated heterocycles. The predicted molar refractivity (Wildman–Crippen MR) is 137 cm³/mol. The number of allylic oxidation sites excluding steroid dienone is 3. The number of thiazole rings is 1. The second kappa shape index (κ2) is 12.1. The average molecular weight is 478 g/mol. The first-order valence-corrected chi connectivity index (χ1v) is 13.6. The maximum atomic E-state index is 13.2. The Morgan fingerprint density at radius 2 is 2.03 bits per heavy atom. The lowest BCUT2D eigenvalue weighted by atomic mass is 10.0. The lowest BCUT2D eigenvalue weighted by Crippen LogP contribution is -2.34. The van der Waals surface area contributed by atoms with E-state index in [0.717, 1.165) is 29.1 Å². The van der Waals surface area contributed by atoms with Gasteiger partial charge in [-0.3, -0.25) is 9.00 Å². The molecule has 0 bridgehead atoms. The van der Waals surface area contributed by atoms with Crippen LogP contribution in [0.25, 0.3) is 6.08 Å². The van der Waals surface area contributed by atoms with E-state index in [4.69, 9.17) is 4.74 Å². The van der Waals surface area contributed by atoms with E-state index in [2.05, 4.69) is 44.0 Å². The van der Waals surface area contributed by atoms with Gasteiger partial charge in [-0.15, -0.1) is 11.3 Å². The summed E-state index contributed by atoms with van der Waals surface area (Å²) in [5, 5.41) is 3.10. The zero-order chi connectivity index (χ0) is 23.9. The Morgan fingerprint density at radius 1 is 1.31 bits per heavy atom. The van der Waals surface area contributed by atoms with Crippen molar-refractivity contribution < 1.29 is 13.7 Å². The van der Waals surface area contributed by atoms with E-state index in [0.29, 0.717) is 18.8 Å². The molecule has 32 heavy (non-hydrogen) atoms. The van der Waals surface area contributed by atoms with Gasteiger partial charge in [0, 0.05) is 39.0 Å². The number of aromatic nitrogens is 1. The molecule has 0 aliphatic carbocycles. The maximum Gasteiger partial charge on any atom is 0.306 e. The average Bonchev–Trinajstić information content (AvgIpc) is 3.12. The van der Waals surface area contributed by atoms with E-state index in [1.807, 2.05) is 39.2 Å². The minimum Gasteiger partial charge on any atom is -0.457 e. The molecule has 178 valence electrons. The summed E-state index contributed by atoms with van der Waals surface area (Å²) < 4.78 is 18.6. The number of carbonyl (C=O) groups is 1. The fraction of sp³-hybridized carbons (Fsp3) is 0.615. The molecule has 0 amide bonds. The van der Waals surface area contributed by atoms with Crippen LogP contribution in [0.4, 0.5) is 0 Å². The molecule has 2 rings (SSSR count). The molecule has 3 unspecified atom stereocenters. The van der Waals surface area contributed by atoms with Crippen molar-refractivity contribution in [1.29, 1.82) is 0 Å². The summed E-state index contributed by atoms with van der Waals surface area (Å²) in [6.07, 6.45) is 11.5. The van der Waals surface area contributed by atoms with Crippen molar-refractivity contribution in [3.8, 4) is 0 Å². The summed E-state index contributed by atoms with van der Waals surface area (Å²) in [4.78, 5) is 17.3. The van der Waals surface area contributed by atoms with Gasteiger partial charge >= 0.3 is 5.97 Å². The van der Waals surface area contributed by atoms with E-state index in [-0.39, 0.29) is 23.7 Å². The number of nitrogens with zero attached hydrogens (tertiary/aromatic N) is 1. The van der Waals surface area contributed by atoms with Crippen LogP contribution < -0.4 is 0 Å². The third kappa shape index (κ3) is 8.43. The largest absolute Gasteiger partial charge is 0.457 e. The highest BCUT2D eigenvalue weighted by Crippen LogP contribution is 2.27. The van der Waals surface area contributed by atoms with Crippen LogP contribution >= 0.6 is 11.3 Å². The van der Waals surface area contributed by atoms with Crippen LogP contribution in [0.15, 0.2) is 34.8 Å². The van der Waals surface area contributed by atoms with Crippen molar-refractivity contribution in [2.24, 2.45) is 5.92 Å². The Hall–Kier alpha value is -1.53. The van der Waals surface area contributed by atoms with Gasteiger partial charge in [-0.05, 0) is 71.4 Å². The van der Waals surface area contributed by atoms with Crippen LogP contribution in [0, 0.1) is 12.8 Å². The molecular weight excluding hydrogens is 438 g/mol. The third-order valence-corrected chi connectivity index (χ3v) is 8.93. The van der Waals surface area contributed by atoms with Crippen molar-refractivity contribution in [1.82, 2.24) is 4.98 Å². The summed E-state index contributed by atoms with van der Waals surface area (Å²) >= 11 is 1.61. The van der Waals surface area contributed by atoms with Gasteiger partial charge in [0.15, 0.2) is 0 Å². The smallest absolute Gasteiger partial charge is 0.306 e. The molecule has 6 heteroatoms. The number of carbonyl (C=O) groups excluding carboxylic acids is 1. The monoisotopic (exact) mass is 477 g/mol. The summed E-state index contributed by atoms with van der Waals surface area (Å²) in [5.74, 6) is 0.135. The summed E-state index contributed by atoms with van der Waals surface area (Å²) in [6, 6.07) is 0. The van der Waals surface area contributed by atoms with Crippen molar-refractivity contribution in [3.63, 3.8) is 0 Å². The van der Waals surface area contributed by atoms with Crippen LogP contribution in [0.3, 0.4) is 0 Å². The molecule has 1 aliphatic heterocycles. The number of hydrogen-bond acceptors (Lipinski definition) is 5. The summed E-state index contributed by atoms with van der Waals surface area (Å²) in [6.45, 7) is 14.3. The summed E-state index contributed by atoms with van der Waals surface area (Å²) in [7, 11) is -1.03. The molecule has 4 atom stereocenters. The van der Waals surface area contributed by atoms with E-state index < -0.39 is 15.5 Å². The number of cyclic esters (lactones) is 1. The Balaban J connectivity index is 2.27. The van der Waals surface area contributed by atoms with Gasteiger partial charge in [-0.2, -0.15) is 0 Å². The highest BCUT2D eigenvalue weighted by Gasteiger charge is 2.31. The second-order valence-corrected chi connectivity index (χ2v) is 13.2. The third-order valence-electron chi connectivity index (χ3n) is 5.92. The maximum absolute atomic E-state index is 13.2. The molecule has 4 nitrogen and oxygen atoms in total. The number of rotatable bonds is 2. The topological polar surface area (TPSA) is 56.3 Å².